The summed E-state index contributed by atoms with van der Waals surface area (Å²) in [5.41, 5.74) is 2.67. The second-order valence-electron chi connectivity index (χ2n) is 7.52. The first-order valence-corrected chi connectivity index (χ1v) is 7.93. The predicted molar refractivity (Wildman–Crippen MR) is 84.8 cm³/mol. The third-order valence-electron chi connectivity index (χ3n) is 4.99. The van der Waals surface area contributed by atoms with Gasteiger partial charge in [-0.15, -0.1) is 0 Å². The number of hydrogen-bond donors (Lipinski definition) is 1. The van der Waals surface area contributed by atoms with Crippen LogP contribution in [0.15, 0.2) is 18.2 Å². The molecular formula is C18H27NO2. The van der Waals surface area contributed by atoms with E-state index in [-0.39, 0.29) is 11.2 Å². The first-order valence-electron chi connectivity index (χ1n) is 7.93. The van der Waals surface area contributed by atoms with E-state index in [9.17, 15) is 0 Å². The van der Waals surface area contributed by atoms with Gasteiger partial charge < -0.3 is 14.8 Å². The van der Waals surface area contributed by atoms with Crippen molar-refractivity contribution in [1.82, 2.24) is 5.32 Å². The predicted octanol–water partition coefficient (Wildman–Crippen LogP) is 3.48. The zero-order chi connectivity index (χ0) is 15.3. The number of nitrogens with one attached hydrogen (secondary N) is 1. The molecule has 2 aliphatic heterocycles. The Morgan fingerprint density at radius 1 is 1.24 bits per heavy atom. The molecule has 0 aliphatic carbocycles. The Morgan fingerprint density at radius 3 is 2.62 bits per heavy atom. The molecule has 0 amide bonds. The molecule has 2 heterocycles. The highest BCUT2D eigenvalue weighted by atomic mass is 16.5. The summed E-state index contributed by atoms with van der Waals surface area (Å²) in [5, 5.41) is 3.73. The van der Waals surface area contributed by atoms with E-state index in [4.69, 9.17) is 9.47 Å². The summed E-state index contributed by atoms with van der Waals surface area (Å²) in [4.78, 5) is 0. The van der Waals surface area contributed by atoms with Gasteiger partial charge in [0.25, 0.3) is 0 Å². The summed E-state index contributed by atoms with van der Waals surface area (Å²) in [6.07, 6.45) is 2.17. The van der Waals surface area contributed by atoms with Crippen LogP contribution in [0.2, 0.25) is 0 Å². The second-order valence-corrected chi connectivity index (χ2v) is 7.52. The number of rotatable bonds is 2. The molecule has 2 atom stereocenters. The molecule has 1 N–H and O–H groups in total. The van der Waals surface area contributed by atoms with E-state index in [1.54, 1.807) is 7.11 Å². The fourth-order valence-corrected chi connectivity index (χ4v) is 4.17. The van der Waals surface area contributed by atoms with Gasteiger partial charge in [0.15, 0.2) is 0 Å². The Balaban J connectivity index is 1.98. The van der Waals surface area contributed by atoms with E-state index in [0.717, 1.165) is 25.1 Å². The van der Waals surface area contributed by atoms with Crippen LogP contribution in [0, 0.1) is 5.92 Å². The van der Waals surface area contributed by atoms with Gasteiger partial charge in [-0.05, 0) is 70.3 Å². The van der Waals surface area contributed by atoms with Crippen LogP contribution in [0.5, 0.6) is 5.75 Å². The summed E-state index contributed by atoms with van der Waals surface area (Å²) >= 11 is 0. The van der Waals surface area contributed by atoms with Gasteiger partial charge in [-0.25, -0.2) is 0 Å². The van der Waals surface area contributed by atoms with Crippen LogP contribution in [0.1, 0.15) is 51.3 Å². The topological polar surface area (TPSA) is 30.5 Å². The summed E-state index contributed by atoms with van der Waals surface area (Å²) in [7, 11) is 1.73. The van der Waals surface area contributed by atoms with Crippen molar-refractivity contribution in [3.05, 3.63) is 29.3 Å². The molecule has 21 heavy (non-hydrogen) atoms. The van der Waals surface area contributed by atoms with Crippen LogP contribution in [0.25, 0.3) is 0 Å². The van der Waals surface area contributed by atoms with E-state index in [1.165, 1.54) is 11.1 Å². The minimum absolute atomic E-state index is 0.0493. The van der Waals surface area contributed by atoms with E-state index in [2.05, 4.69) is 51.2 Å². The van der Waals surface area contributed by atoms with Crippen LogP contribution in [-0.4, -0.2) is 24.9 Å². The maximum absolute atomic E-state index is 6.30. The molecule has 0 bridgehead atoms. The standard InChI is InChI=1S/C18H27NO2/c1-17(2)11-15(18(3,4)21-17)16-14-10-13(20-5)7-6-12(14)8-9-19-16/h6-7,10,15-16,19H,8-9,11H2,1-5H3. The van der Waals surface area contributed by atoms with Gasteiger partial charge in [0, 0.05) is 12.0 Å². The summed E-state index contributed by atoms with van der Waals surface area (Å²) in [5.74, 6) is 1.41. The number of fused-ring (bicyclic) bond motifs is 1. The van der Waals surface area contributed by atoms with Crippen molar-refractivity contribution in [1.29, 1.82) is 0 Å². The third kappa shape index (κ3) is 2.69. The lowest BCUT2D eigenvalue weighted by atomic mass is 9.76. The lowest BCUT2D eigenvalue weighted by Gasteiger charge is -2.37. The molecule has 2 unspecified atom stereocenters. The van der Waals surface area contributed by atoms with E-state index < -0.39 is 0 Å². The van der Waals surface area contributed by atoms with Crippen LogP contribution in [-0.2, 0) is 11.2 Å². The molecule has 0 aromatic heterocycles. The zero-order valence-corrected chi connectivity index (χ0v) is 13.8. The SMILES string of the molecule is COc1ccc2c(c1)C(C1CC(C)(C)OC1(C)C)NCC2. The van der Waals surface area contributed by atoms with E-state index in [1.807, 2.05) is 0 Å². The van der Waals surface area contributed by atoms with E-state index in [0.29, 0.717) is 12.0 Å². The largest absolute Gasteiger partial charge is 0.497 e. The Labute approximate surface area is 128 Å². The fraction of sp³-hybridized carbons (Fsp3) is 0.667. The lowest BCUT2D eigenvalue weighted by Crippen LogP contribution is -2.41. The Hall–Kier alpha value is -1.06. The number of ether oxygens (including phenoxy) is 2. The first kappa shape index (κ1) is 14.9. The molecule has 116 valence electrons. The van der Waals surface area contributed by atoms with Crippen LogP contribution >= 0.6 is 0 Å². The average Bonchev–Trinajstić information content (AvgIpc) is 2.65. The highest BCUT2D eigenvalue weighted by Gasteiger charge is 2.50. The van der Waals surface area contributed by atoms with Crippen molar-refractivity contribution < 1.29 is 9.47 Å². The van der Waals surface area contributed by atoms with Crippen molar-refractivity contribution in [2.45, 2.75) is 57.8 Å². The summed E-state index contributed by atoms with van der Waals surface area (Å²) < 4.78 is 11.7. The molecule has 0 radical (unpaired) electrons. The maximum atomic E-state index is 6.30. The Morgan fingerprint density at radius 2 is 2.00 bits per heavy atom. The molecule has 3 heteroatoms. The first-order chi connectivity index (χ1) is 9.82. The van der Waals surface area contributed by atoms with Gasteiger partial charge >= 0.3 is 0 Å². The van der Waals surface area contributed by atoms with Gasteiger partial charge in [-0.1, -0.05) is 6.07 Å². The van der Waals surface area contributed by atoms with Gasteiger partial charge in [-0.2, -0.15) is 0 Å². The molecule has 0 spiro atoms. The summed E-state index contributed by atoms with van der Waals surface area (Å²) in [6, 6.07) is 6.84. The normalized spacial score (nSPS) is 30.0. The zero-order valence-electron chi connectivity index (χ0n) is 13.8. The third-order valence-corrected chi connectivity index (χ3v) is 4.99. The minimum Gasteiger partial charge on any atom is -0.497 e. The Bertz CT molecular complexity index is 536. The van der Waals surface area contributed by atoms with Crippen molar-refractivity contribution in [2.24, 2.45) is 5.92 Å². The molecule has 1 aromatic rings. The van der Waals surface area contributed by atoms with Crippen LogP contribution in [0.4, 0.5) is 0 Å². The number of hydrogen-bond acceptors (Lipinski definition) is 3. The number of methoxy groups -OCH3 is 1. The van der Waals surface area contributed by atoms with Crippen molar-refractivity contribution >= 4 is 0 Å². The highest BCUT2D eigenvalue weighted by Crippen LogP contribution is 2.49. The van der Waals surface area contributed by atoms with Crippen molar-refractivity contribution in [2.75, 3.05) is 13.7 Å². The quantitative estimate of drug-likeness (QED) is 0.904. The molecule has 0 saturated carbocycles. The number of benzene rings is 1. The lowest BCUT2D eigenvalue weighted by molar-refractivity contribution is -0.0780. The van der Waals surface area contributed by atoms with Crippen LogP contribution < -0.4 is 10.1 Å². The molecule has 3 rings (SSSR count). The minimum atomic E-state index is -0.112. The molecule has 1 aromatic carbocycles. The van der Waals surface area contributed by atoms with Crippen molar-refractivity contribution in [3.63, 3.8) is 0 Å². The fourth-order valence-electron chi connectivity index (χ4n) is 4.17. The van der Waals surface area contributed by atoms with Crippen molar-refractivity contribution in [3.8, 4) is 5.75 Å². The van der Waals surface area contributed by atoms with Crippen LogP contribution in [0.3, 0.4) is 0 Å². The Kier molecular flexibility index (Phi) is 3.53. The smallest absolute Gasteiger partial charge is 0.119 e. The van der Waals surface area contributed by atoms with Gasteiger partial charge in [0.1, 0.15) is 5.75 Å². The molecular weight excluding hydrogens is 262 g/mol. The molecule has 3 nitrogen and oxygen atoms in total. The van der Waals surface area contributed by atoms with Gasteiger partial charge in [-0.3, -0.25) is 0 Å². The maximum Gasteiger partial charge on any atom is 0.119 e. The van der Waals surface area contributed by atoms with Gasteiger partial charge in [0.05, 0.1) is 18.3 Å². The highest BCUT2D eigenvalue weighted by molar-refractivity contribution is 5.40. The monoisotopic (exact) mass is 289 g/mol. The molecule has 2 aliphatic rings. The molecule has 1 saturated heterocycles. The molecule has 1 fully saturated rings. The van der Waals surface area contributed by atoms with Gasteiger partial charge in [0.2, 0.25) is 0 Å². The van der Waals surface area contributed by atoms with E-state index >= 15 is 0 Å². The second kappa shape index (κ2) is 4.99. The summed E-state index contributed by atoms with van der Waals surface area (Å²) in [6.45, 7) is 9.89. The average molecular weight is 289 g/mol.